The molecule has 0 aliphatic carbocycles. The molecule has 1 saturated heterocycles. The number of ketones is 1. The quantitative estimate of drug-likeness (QED) is 0.272. The number of nitrogens with zero attached hydrogens (tertiary/aromatic N) is 3. The van der Waals surface area contributed by atoms with Gasteiger partial charge in [-0.25, -0.2) is 4.39 Å². The van der Waals surface area contributed by atoms with Gasteiger partial charge in [-0.2, -0.15) is 5.26 Å². The third-order valence-electron chi connectivity index (χ3n) is 6.20. The van der Waals surface area contributed by atoms with Gasteiger partial charge in [0.2, 0.25) is 12.7 Å². The third-order valence-corrected chi connectivity index (χ3v) is 7.58. The second-order valence-electron chi connectivity index (χ2n) is 8.63. The van der Waals surface area contributed by atoms with Gasteiger partial charge >= 0.3 is 0 Å². The van der Waals surface area contributed by atoms with Crippen molar-refractivity contribution < 1.29 is 28.6 Å². The molecule has 0 radical (unpaired) electrons. The Bertz CT molecular complexity index is 1690. The van der Waals surface area contributed by atoms with Crippen molar-refractivity contribution in [3.05, 3.63) is 91.4 Å². The number of nitriles is 1. The Morgan fingerprint density at radius 1 is 1.21 bits per heavy atom. The highest BCUT2D eigenvalue weighted by atomic mass is 32.2. The first kappa shape index (κ1) is 26.1. The first-order valence-corrected chi connectivity index (χ1v) is 12.7. The number of halogens is 1. The van der Waals surface area contributed by atoms with Crippen molar-refractivity contribution in [3.8, 4) is 23.4 Å². The van der Waals surface area contributed by atoms with Gasteiger partial charge in [0.25, 0.3) is 11.5 Å². The van der Waals surface area contributed by atoms with Crippen molar-refractivity contribution in [1.29, 1.82) is 5.26 Å². The summed E-state index contributed by atoms with van der Waals surface area (Å²) in [6.45, 7) is 0.767. The maximum absolute atomic E-state index is 13.4. The molecule has 196 valence electrons. The number of aromatic hydroxyl groups is 1. The van der Waals surface area contributed by atoms with Gasteiger partial charge in [-0.05, 0) is 54.0 Å². The Kier molecular flexibility index (Phi) is 6.94. The van der Waals surface area contributed by atoms with E-state index in [9.17, 15) is 29.1 Å². The maximum atomic E-state index is 13.4. The number of aromatic nitrogens is 1. The predicted molar refractivity (Wildman–Crippen MR) is 144 cm³/mol. The number of thiocarbonyl (C=S) groups is 1. The van der Waals surface area contributed by atoms with Gasteiger partial charge in [0.1, 0.15) is 21.8 Å². The smallest absolute Gasteiger partial charge is 0.271 e. The molecule has 1 N–H and O–H groups in total. The molecule has 39 heavy (non-hydrogen) atoms. The van der Waals surface area contributed by atoms with Crippen molar-refractivity contribution in [1.82, 2.24) is 9.47 Å². The number of pyridine rings is 1. The molecule has 1 amide bonds. The number of carbonyl (C=O) groups is 2. The number of ether oxygens (including phenoxy) is 2. The second kappa shape index (κ2) is 10.4. The van der Waals surface area contributed by atoms with Crippen LogP contribution in [0.15, 0.2) is 52.2 Å². The van der Waals surface area contributed by atoms with Crippen molar-refractivity contribution in [2.75, 3.05) is 13.3 Å². The number of amides is 1. The number of thioether (sulfide) groups is 1. The molecule has 0 spiro atoms. The van der Waals surface area contributed by atoms with E-state index in [1.807, 2.05) is 6.07 Å². The largest absolute Gasteiger partial charge is 0.494 e. The van der Waals surface area contributed by atoms with E-state index < -0.39 is 35.5 Å². The van der Waals surface area contributed by atoms with Gasteiger partial charge in [-0.1, -0.05) is 42.2 Å². The lowest BCUT2D eigenvalue weighted by Crippen LogP contribution is -2.35. The van der Waals surface area contributed by atoms with Gasteiger partial charge in [0.15, 0.2) is 17.3 Å². The normalized spacial score (nSPS) is 15.2. The highest BCUT2D eigenvalue weighted by molar-refractivity contribution is 8.26. The third kappa shape index (κ3) is 4.89. The van der Waals surface area contributed by atoms with E-state index in [1.54, 1.807) is 18.2 Å². The summed E-state index contributed by atoms with van der Waals surface area (Å²) in [7, 11) is 0. The maximum Gasteiger partial charge on any atom is 0.271 e. The van der Waals surface area contributed by atoms with E-state index in [1.165, 1.54) is 37.3 Å². The average Bonchev–Trinajstić information content (AvgIpc) is 3.48. The van der Waals surface area contributed by atoms with Crippen LogP contribution in [-0.2, 0) is 11.3 Å². The van der Waals surface area contributed by atoms with Crippen molar-refractivity contribution in [3.63, 3.8) is 0 Å². The van der Waals surface area contributed by atoms with Crippen LogP contribution in [0.1, 0.15) is 32.6 Å². The van der Waals surface area contributed by atoms with Crippen LogP contribution in [0, 0.1) is 24.1 Å². The van der Waals surface area contributed by atoms with Gasteiger partial charge in [-0.3, -0.25) is 23.9 Å². The summed E-state index contributed by atoms with van der Waals surface area (Å²) in [5.41, 5.74) is -0.202. The standard InChI is InChI=1S/C27H18FN3O6S2/c1-14-18(10-29)24(33)30(11-16-4-7-20-21(8-16)37-13-36-20)26(35)23(14)19(32)12-31-25(34)22(39-27(31)38)9-15-2-5-17(28)6-3-15/h2-9,35H,11-13H2,1H3/b22-9-. The van der Waals surface area contributed by atoms with Crippen LogP contribution >= 0.6 is 24.0 Å². The Hall–Kier alpha value is -4.47. The molecule has 3 aromatic rings. The fourth-order valence-corrected chi connectivity index (χ4v) is 5.48. The summed E-state index contributed by atoms with van der Waals surface area (Å²) >= 11 is 6.29. The molecule has 0 atom stereocenters. The van der Waals surface area contributed by atoms with Crippen LogP contribution in [0.4, 0.5) is 4.39 Å². The minimum absolute atomic E-state index is 0.000711. The van der Waals surface area contributed by atoms with E-state index >= 15 is 0 Å². The van der Waals surface area contributed by atoms with Gasteiger partial charge in [0.05, 0.1) is 23.6 Å². The molecule has 2 aliphatic heterocycles. The molecule has 0 bridgehead atoms. The molecule has 0 saturated carbocycles. The van der Waals surface area contributed by atoms with Crippen LogP contribution < -0.4 is 15.0 Å². The number of benzene rings is 2. The van der Waals surface area contributed by atoms with E-state index in [0.29, 0.717) is 22.6 Å². The fourth-order valence-electron chi connectivity index (χ4n) is 4.22. The monoisotopic (exact) mass is 563 g/mol. The van der Waals surface area contributed by atoms with Crippen LogP contribution in [0.3, 0.4) is 0 Å². The molecule has 2 aliphatic rings. The molecule has 12 heteroatoms. The van der Waals surface area contributed by atoms with Crippen molar-refractivity contribution >= 4 is 46.1 Å². The zero-order chi connectivity index (χ0) is 27.8. The number of hydrogen-bond acceptors (Lipinski definition) is 9. The number of fused-ring (bicyclic) bond motifs is 1. The number of rotatable bonds is 6. The Morgan fingerprint density at radius 3 is 2.64 bits per heavy atom. The van der Waals surface area contributed by atoms with Crippen molar-refractivity contribution in [2.45, 2.75) is 13.5 Å². The highest BCUT2D eigenvalue weighted by Gasteiger charge is 2.35. The SMILES string of the molecule is Cc1c(C(=O)CN2C(=O)/C(=C/c3ccc(F)cc3)SC2=S)c(O)n(Cc2ccc3c(c2)OCO3)c(=O)c1C#N. The predicted octanol–water partition coefficient (Wildman–Crippen LogP) is 3.73. The lowest BCUT2D eigenvalue weighted by atomic mass is 10.0. The molecule has 3 heterocycles. The minimum atomic E-state index is -0.769. The zero-order valence-corrected chi connectivity index (χ0v) is 21.9. The molecule has 1 aromatic heterocycles. The first-order valence-electron chi connectivity index (χ1n) is 11.5. The molecular weight excluding hydrogens is 545 g/mol. The summed E-state index contributed by atoms with van der Waals surface area (Å²) in [6.07, 6.45) is 1.53. The average molecular weight is 564 g/mol. The molecule has 2 aromatic carbocycles. The second-order valence-corrected chi connectivity index (χ2v) is 10.3. The van der Waals surface area contributed by atoms with Crippen LogP contribution in [0.25, 0.3) is 6.08 Å². The van der Waals surface area contributed by atoms with Gasteiger partial charge < -0.3 is 14.6 Å². The number of carbonyl (C=O) groups excluding carboxylic acids is 2. The van der Waals surface area contributed by atoms with E-state index in [-0.39, 0.29) is 39.3 Å². The molecule has 5 rings (SSSR count). The summed E-state index contributed by atoms with van der Waals surface area (Å²) < 4.78 is 24.9. The fraction of sp³-hybridized carbons (Fsp3) is 0.148. The topological polar surface area (TPSA) is 122 Å². The summed E-state index contributed by atoms with van der Waals surface area (Å²) in [6, 6.07) is 12.3. The zero-order valence-electron chi connectivity index (χ0n) is 20.3. The Labute approximate surface area is 230 Å². The van der Waals surface area contributed by atoms with Gasteiger partial charge in [-0.15, -0.1) is 0 Å². The van der Waals surface area contributed by atoms with E-state index in [4.69, 9.17) is 21.7 Å². The molecular formula is C27H18FN3O6S2. The van der Waals surface area contributed by atoms with E-state index in [2.05, 4.69) is 0 Å². The summed E-state index contributed by atoms with van der Waals surface area (Å²) in [4.78, 5) is 40.8. The molecule has 9 nitrogen and oxygen atoms in total. The number of Topliss-reactive ketones (excluding diaryl/α,β-unsaturated/α-hetero) is 1. The van der Waals surface area contributed by atoms with Crippen LogP contribution in [-0.4, -0.2) is 43.9 Å². The van der Waals surface area contributed by atoms with E-state index in [0.717, 1.165) is 21.2 Å². The lowest BCUT2D eigenvalue weighted by Gasteiger charge is -2.18. The Balaban J connectivity index is 1.45. The first-order chi connectivity index (χ1) is 18.7. The summed E-state index contributed by atoms with van der Waals surface area (Å²) in [5, 5.41) is 20.7. The minimum Gasteiger partial charge on any atom is -0.494 e. The Morgan fingerprint density at radius 2 is 1.92 bits per heavy atom. The molecule has 0 unspecified atom stereocenters. The van der Waals surface area contributed by atoms with Crippen LogP contribution in [0.5, 0.6) is 17.4 Å². The van der Waals surface area contributed by atoms with Crippen LogP contribution in [0.2, 0.25) is 0 Å². The van der Waals surface area contributed by atoms with Crippen molar-refractivity contribution in [2.24, 2.45) is 0 Å². The highest BCUT2D eigenvalue weighted by Crippen LogP contribution is 2.35. The lowest BCUT2D eigenvalue weighted by molar-refractivity contribution is -0.121. The summed E-state index contributed by atoms with van der Waals surface area (Å²) in [5.74, 6) is -1.30. The number of hydrogen-bond donors (Lipinski definition) is 1. The van der Waals surface area contributed by atoms with Gasteiger partial charge in [0, 0.05) is 0 Å². The molecule has 1 fully saturated rings.